The Bertz CT molecular complexity index is 848. The Kier molecular flexibility index (Phi) is 3.10. The summed E-state index contributed by atoms with van der Waals surface area (Å²) in [6.07, 6.45) is 3.24. The number of carboxylic acids is 1. The maximum absolute atomic E-state index is 13.5. The predicted octanol–water partition coefficient (Wildman–Crippen LogP) is 3.44. The van der Waals surface area contributed by atoms with E-state index in [9.17, 15) is 14.3 Å². The van der Waals surface area contributed by atoms with Gasteiger partial charge in [-0.1, -0.05) is 0 Å². The molecular formula is C16H11FN2O2. The summed E-state index contributed by atoms with van der Waals surface area (Å²) in [5.74, 6) is -1.59. The molecule has 104 valence electrons. The first kappa shape index (κ1) is 13.2. The monoisotopic (exact) mass is 282 g/mol. The molecule has 0 bridgehead atoms. The number of fused-ring (bicyclic) bond motifs is 1. The Hall–Kier alpha value is -2.82. The Balaban J connectivity index is 2.38. The lowest BCUT2D eigenvalue weighted by Gasteiger charge is -2.09. The fourth-order valence-corrected chi connectivity index (χ4v) is 2.30. The SMILES string of the molecule is Cc1cc(F)cc2c(C(=O)O)cc(-c3cccnc3)nc12. The maximum atomic E-state index is 13.5. The zero-order chi connectivity index (χ0) is 15.0. The van der Waals surface area contributed by atoms with Crippen molar-refractivity contribution in [1.82, 2.24) is 9.97 Å². The number of rotatable bonds is 2. The Morgan fingerprint density at radius 2 is 2.10 bits per heavy atom. The van der Waals surface area contributed by atoms with E-state index in [-0.39, 0.29) is 5.56 Å². The lowest BCUT2D eigenvalue weighted by Crippen LogP contribution is -2.02. The van der Waals surface area contributed by atoms with E-state index in [1.165, 1.54) is 18.2 Å². The molecule has 21 heavy (non-hydrogen) atoms. The molecule has 0 radical (unpaired) electrons. The fourth-order valence-electron chi connectivity index (χ4n) is 2.30. The van der Waals surface area contributed by atoms with Gasteiger partial charge in [0.2, 0.25) is 0 Å². The van der Waals surface area contributed by atoms with E-state index in [4.69, 9.17) is 0 Å². The number of pyridine rings is 2. The first-order valence-corrected chi connectivity index (χ1v) is 6.31. The van der Waals surface area contributed by atoms with Gasteiger partial charge in [-0.3, -0.25) is 4.98 Å². The van der Waals surface area contributed by atoms with Crippen LogP contribution >= 0.6 is 0 Å². The number of nitrogens with zero attached hydrogens (tertiary/aromatic N) is 2. The second-order valence-electron chi connectivity index (χ2n) is 4.72. The molecule has 1 N–H and O–H groups in total. The highest BCUT2D eigenvalue weighted by Gasteiger charge is 2.15. The maximum Gasteiger partial charge on any atom is 0.336 e. The second kappa shape index (κ2) is 4.94. The Morgan fingerprint density at radius 1 is 1.29 bits per heavy atom. The summed E-state index contributed by atoms with van der Waals surface area (Å²) in [5.41, 5.74) is 2.32. The van der Waals surface area contributed by atoms with Crippen molar-refractivity contribution in [3.05, 3.63) is 59.7 Å². The molecule has 0 aliphatic carbocycles. The molecule has 4 nitrogen and oxygen atoms in total. The minimum atomic E-state index is -1.11. The molecule has 0 spiro atoms. The van der Waals surface area contributed by atoms with E-state index in [1.807, 2.05) is 0 Å². The van der Waals surface area contributed by atoms with E-state index in [1.54, 1.807) is 31.5 Å². The van der Waals surface area contributed by atoms with E-state index in [0.717, 1.165) is 0 Å². The molecule has 0 saturated heterocycles. The summed E-state index contributed by atoms with van der Waals surface area (Å²) >= 11 is 0. The molecule has 0 amide bonds. The van der Waals surface area contributed by atoms with Gasteiger partial charge in [0.15, 0.2) is 0 Å². The van der Waals surface area contributed by atoms with Crippen LogP contribution in [0.1, 0.15) is 15.9 Å². The molecule has 0 atom stereocenters. The quantitative estimate of drug-likeness (QED) is 0.782. The lowest BCUT2D eigenvalue weighted by molar-refractivity contribution is 0.0699. The van der Waals surface area contributed by atoms with Crippen LogP contribution in [0.25, 0.3) is 22.2 Å². The van der Waals surface area contributed by atoms with Crippen LogP contribution in [0.15, 0.2) is 42.7 Å². The minimum absolute atomic E-state index is 0.0291. The molecule has 5 heteroatoms. The average molecular weight is 282 g/mol. The van der Waals surface area contributed by atoms with Crippen molar-refractivity contribution < 1.29 is 14.3 Å². The number of hydrogen-bond donors (Lipinski definition) is 1. The van der Waals surface area contributed by atoms with E-state index in [0.29, 0.717) is 27.7 Å². The standard InChI is InChI=1S/C16H11FN2O2/c1-9-5-11(17)6-12-13(16(20)21)7-14(19-15(9)12)10-3-2-4-18-8-10/h2-8H,1H3,(H,20,21). The molecule has 0 unspecified atom stereocenters. The summed E-state index contributed by atoms with van der Waals surface area (Å²) < 4.78 is 13.5. The number of halogens is 1. The van der Waals surface area contributed by atoms with Crippen LogP contribution in [-0.4, -0.2) is 21.0 Å². The third kappa shape index (κ3) is 2.33. The van der Waals surface area contributed by atoms with Crippen molar-refractivity contribution in [2.45, 2.75) is 6.92 Å². The average Bonchev–Trinajstić information content (AvgIpc) is 2.47. The number of benzene rings is 1. The van der Waals surface area contributed by atoms with Crippen molar-refractivity contribution in [2.75, 3.05) is 0 Å². The van der Waals surface area contributed by atoms with Gasteiger partial charge in [0, 0.05) is 23.3 Å². The summed E-state index contributed by atoms with van der Waals surface area (Å²) in [7, 11) is 0. The highest BCUT2D eigenvalue weighted by atomic mass is 19.1. The molecular weight excluding hydrogens is 271 g/mol. The molecule has 0 aliphatic rings. The van der Waals surface area contributed by atoms with Crippen LogP contribution in [0.2, 0.25) is 0 Å². The predicted molar refractivity (Wildman–Crippen MR) is 76.6 cm³/mol. The van der Waals surface area contributed by atoms with Crippen molar-refractivity contribution in [2.24, 2.45) is 0 Å². The second-order valence-corrected chi connectivity index (χ2v) is 4.72. The number of aromatic carboxylic acids is 1. The van der Waals surface area contributed by atoms with Crippen LogP contribution in [0.3, 0.4) is 0 Å². The number of hydrogen-bond acceptors (Lipinski definition) is 3. The summed E-state index contributed by atoms with van der Waals surface area (Å²) in [4.78, 5) is 19.9. The van der Waals surface area contributed by atoms with Crippen molar-refractivity contribution in [1.29, 1.82) is 0 Å². The van der Waals surface area contributed by atoms with Gasteiger partial charge in [-0.25, -0.2) is 14.2 Å². The minimum Gasteiger partial charge on any atom is -0.478 e. The number of carbonyl (C=O) groups is 1. The fraction of sp³-hybridized carbons (Fsp3) is 0.0625. The molecule has 3 aromatic rings. The molecule has 0 saturated carbocycles. The van der Waals surface area contributed by atoms with Crippen LogP contribution in [-0.2, 0) is 0 Å². The van der Waals surface area contributed by atoms with Crippen LogP contribution in [0.5, 0.6) is 0 Å². The smallest absolute Gasteiger partial charge is 0.336 e. The van der Waals surface area contributed by atoms with Gasteiger partial charge >= 0.3 is 5.97 Å². The number of aromatic nitrogens is 2. The third-order valence-corrected chi connectivity index (χ3v) is 3.26. The number of carboxylic acid groups (broad SMARTS) is 1. The molecule has 1 aromatic carbocycles. The first-order valence-electron chi connectivity index (χ1n) is 6.31. The topological polar surface area (TPSA) is 63.1 Å². The largest absolute Gasteiger partial charge is 0.478 e. The van der Waals surface area contributed by atoms with Gasteiger partial charge in [-0.15, -0.1) is 0 Å². The molecule has 2 heterocycles. The summed E-state index contributed by atoms with van der Waals surface area (Å²) in [6.45, 7) is 1.71. The first-order chi connectivity index (χ1) is 10.1. The van der Waals surface area contributed by atoms with Crippen LogP contribution in [0, 0.1) is 12.7 Å². The molecule has 3 rings (SSSR count). The van der Waals surface area contributed by atoms with E-state index in [2.05, 4.69) is 9.97 Å². The van der Waals surface area contributed by atoms with Crippen LogP contribution in [0.4, 0.5) is 4.39 Å². The molecule has 0 fully saturated rings. The van der Waals surface area contributed by atoms with Crippen molar-refractivity contribution >= 4 is 16.9 Å². The Morgan fingerprint density at radius 3 is 2.76 bits per heavy atom. The van der Waals surface area contributed by atoms with E-state index < -0.39 is 11.8 Å². The highest BCUT2D eigenvalue weighted by Crippen LogP contribution is 2.27. The van der Waals surface area contributed by atoms with Gasteiger partial charge < -0.3 is 5.11 Å². The summed E-state index contributed by atoms with van der Waals surface area (Å²) in [5, 5.41) is 9.67. The van der Waals surface area contributed by atoms with Crippen LogP contribution < -0.4 is 0 Å². The zero-order valence-corrected chi connectivity index (χ0v) is 11.2. The van der Waals surface area contributed by atoms with Crippen molar-refractivity contribution in [3.8, 4) is 11.3 Å². The number of aryl methyl sites for hydroxylation is 1. The van der Waals surface area contributed by atoms with Gasteiger partial charge in [0.25, 0.3) is 0 Å². The van der Waals surface area contributed by atoms with Gasteiger partial charge in [-0.05, 0) is 42.8 Å². The van der Waals surface area contributed by atoms with Gasteiger partial charge in [0.05, 0.1) is 16.8 Å². The zero-order valence-electron chi connectivity index (χ0n) is 11.2. The third-order valence-electron chi connectivity index (χ3n) is 3.26. The highest BCUT2D eigenvalue weighted by molar-refractivity contribution is 6.04. The van der Waals surface area contributed by atoms with E-state index >= 15 is 0 Å². The molecule has 0 aliphatic heterocycles. The van der Waals surface area contributed by atoms with Crippen molar-refractivity contribution in [3.63, 3.8) is 0 Å². The lowest BCUT2D eigenvalue weighted by atomic mass is 10.0. The Labute approximate surface area is 119 Å². The molecule has 2 aromatic heterocycles. The summed E-state index contributed by atoms with van der Waals surface area (Å²) in [6, 6.07) is 7.53. The normalized spacial score (nSPS) is 10.8. The van der Waals surface area contributed by atoms with Gasteiger partial charge in [-0.2, -0.15) is 0 Å². The van der Waals surface area contributed by atoms with Gasteiger partial charge in [0.1, 0.15) is 5.82 Å².